The van der Waals surface area contributed by atoms with Crippen LogP contribution in [0.25, 0.3) is 0 Å². The van der Waals surface area contributed by atoms with E-state index in [-0.39, 0.29) is 12.2 Å². The van der Waals surface area contributed by atoms with Crippen LogP contribution in [0.4, 0.5) is 11.6 Å². The van der Waals surface area contributed by atoms with E-state index < -0.39 is 0 Å². The van der Waals surface area contributed by atoms with Crippen molar-refractivity contribution in [1.29, 1.82) is 5.26 Å². The van der Waals surface area contributed by atoms with E-state index in [1.165, 1.54) is 6.20 Å². The summed E-state index contributed by atoms with van der Waals surface area (Å²) >= 11 is 0. The van der Waals surface area contributed by atoms with Crippen LogP contribution in [0.3, 0.4) is 0 Å². The van der Waals surface area contributed by atoms with Crippen LogP contribution in [-0.2, 0) is 11.3 Å². The van der Waals surface area contributed by atoms with E-state index in [0.717, 1.165) is 24.5 Å². The fraction of sp³-hybridized carbons (Fsp3) is 0.412. The monoisotopic (exact) mass is 324 g/mol. The number of morpholine rings is 1. The Morgan fingerprint density at radius 1 is 1.17 bits per heavy atom. The van der Waals surface area contributed by atoms with Gasteiger partial charge in [0.2, 0.25) is 0 Å². The van der Waals surface area contributed by atoms with Crippen molar-refractivity contribution in [2.75, 3.05) is 23.3 Å². The maximum Gasteiger partial charge on any atom is 0.158 e. The minimum absolute atomic E-state index is 0.215. The van der Waals surface area contributed by atoms with Crippen LogP contribution in [0.15, 0.2) is 30.7 Å². The first-order valence-electron chi connectivity index (χ1n) is 7.95. The smallest absolute Gasteiger partial charge is 0.158 e. The summed E-state index contributed by atoms with van der Waals surface area (Å²) < 4.78 is 5.75. The fourth-order valence-electron chi connectivity index (χ4n) is 2.74. The third kappa shape index (κ3) is 3.97. The highest BCUT2D eigenvalue weighted by atomic mass is 16.5. The van der Waals surface area contributed by atoms with Gasteiger partial charge in [-0.3, -0.25) is 0 Å². The number of pyridine rings is 1. The first-order chi connectivity index (χ1) is 11.6. The molecule has 0 spiro atoms. The molecule has 0 saturated carbocycles. The zero-order valence-corrected chi connectivity index (χ0v) is 13.8. The van der Waals surface area contributed by atoms with Crippen LogP contribution >= 0.6 is 0 Å². The second-order valence-electron chi connectivity index (χ2n) is 5.94. The predicted molar refractivity (Wildman–Crippen MR) is 90.5 cm³/mol. The van der Waals surface area contributed by atoms with Crippen molar-refractivity contribution < 1.29 is 4.74 Å². The lowest BCUT2D eigenvalue weighted by Gasteiger charge is -2.36. The standard InChI is InChI=1S/C17H20N6O/c1-12-10-23(11-13(2)24-12)17-4-3-14(7-22-17)6-20-16-9-19-15(5-18)8-21-16/h3-4,7-9,12-13H,6,10-11H2,1-2H3,(H,20,21). The number of nitrogens with zero attached hydrogens (tertiary/aromatic N) is 5. The molecule has 2 atom stereocenters. The van der Waals surface area contributed by atoms with Crippen molar-refractivity contribution in [3.63, 3.8) is 0 Å². The third-order valence-corrected chi connectivity index (χ3v) is 3.79. The molecule has 0 amide bonds. The second kappa shape index (κ2) is 7.23. The van der Waals surface area contributed by atoms with Gasteiger partial charge in [-0.25, -0.2) is 15.0 Å². The summed E-state index contributed by atoms with van der Waals surface area (Å²) in [6, 6.07) is 6.03. The van der Waals surface area contributed by atoms with Gasteiger partial charge >= 0.3 is 0 Å². The largest absolute Gasteiger partial charge is 0.372 e. The Morgan fingerprint density at radius 3 is 2.54 bits per heavy atom. The Bertz CT molecular complexity index is 699. The van der Waals surface area contributed by atoms with Gasteiger partial charge in [-0.2, -0.15) is 5.26 Å². The lowest BCUT2D eigenvalue weighted by atomic mass is 10.2. The molecule has 1 fully saturated rings. The van der Waals surface area contributed by atoms with Gasteiger partial charge < -0.3 is 15.0 Å². The Morgan fingerprint density at radius 2 is 1.96 bits per heavy atom. The van der Waals surface area contributed by atoms with Gasteiger partial charge in [-0.1, -0.05) is 6.07 Å². The quantitative estimate of drug-likeness (QED) is 0.920. The number of hydrogen-bond donors (Lipinski definition) is 1. The van der Waals surface area contributed by atoms with Gasteiger partial charge in [0.1, 0.15) is 17.7 Å². The summed E-state index contributed by atoms with van der Waals surface area (Å²) in [4.78, 5) is 14.9. The Labute approximate surface area is 141 Å². The molecule has 3 rings (SSSR count). The van der Waals surface area contributed by atoms with E-state index in [0.29, 0.717) is 18.1 Å². The van der Waals surface area contributed by atoms with E-state index in [9.17, 15) is 0 Å². The van der Waals surface area contributed by atoms with Crippen molar-refractivity contribution in [2.45, 2.75) is 32.6 Å². The molecule has 2 aromatic heterocycles. The van der Waals surface area contributed by atoms with Gasteiger partial charge in [0.15, 0.2) is 5.69 Å². The average Bonchev–Trinajstić information content (AvgIpc) is 2.60. The molecule has 1 aliphatic rings. The molecule has 24 heavy (non-hydrogen) atoms. The number of hydrogen-bond acceptors (Lipinski definition) is 7. The molecule has 1 aliphatic heterocycles. The molecule has 3 heterocycles. The molecule has 1 saturated heterocycles. The molecule has 7 heteroatoms. The number of rotatable bonds is 4. The highest BCUT2D eigenvalue weighted by Crippen LogP contribution is 2.18. The van der Waals surface area contributed by atoms with Crippen molar-refractivity contribution in [3.05, 3.63) is 42.0 Å². The number of anilines is 2. The van der Waals surface area contributed by atoms with Crippen molar-refractivity contribution in [2.24, 2.45) is 0 Å². The number of nitriles is 1. The van der Waals surface area contributed by atoms with Gasteiger partial charge in [0, 0.05) is 25.8 Å². The summed E-state index contributed by atoms with van der Waals surface area (Å²) in [5, 5.41) is 11.9. The van der Waals surface area contributed by atoms with Crippen LogP contribution in [0.2, 0.25) is 0 Å². The Balaban J connectivity index is 1.59. The number of ether oxygens (including phenoxy) is 1. The average molecular weight is 324 g/mol. The van der Waals surface area contributed by atoms with E-state index in [4.69, 9.17) is 10.00 Å². The van der Waals surface area contributed by atoms with Crippen molar-refractivity contribution in [1.82, 2.24) is 15.0 Å². The van der Waals surface area contributed by atoms with Gasteiger partial charge in [0.05, 0.1) is 24.6 Å². The minimum atomic E-state index is 0.215. The van der Waals surface area contributed by atoms with Crippen LogP contribution in [0, 0.1) is 11.3 Å². The molecule has 0 aliphatic carbocycles. The van der Waals surface area contributed by atoms with Crippen LogP contribution < -0.4 is 10.2 Å². The van der Waals surface area contributed by atoms with Crippen molar-refractivity contribution >= 4 is 11.6 Å². The summed E-state index contributed by atoms with van der Waals surface area (Å²) in [7, 11) is 0. The number of aromatic nitrogens is 3. The highest BCUT2D eigenvalue weighted by Gasteiger charge is 2.22. The Hall–Kier alpha value is -2.72. The van der Waals surface area contributed by atoms with Crippen LogP contribution in [-0.4, -0.2) is 40.2 Å². The normalized spacial score (nSPS) is 20.5. The maximum atomic E-state index is 8.71. The molecule has 2 unspecified atom stereocenters. The maximum absolute atomic E-state index is 8.71. The lowest BCUT2D eigenvalue weighted by molar-refractivity contribution is -0.00545. The van der Waals surface area contributed by atoms with E-state index >= 15 is 0 Å². The van der Waals surface area contributed by atoms with E-state index in [1.807, 2.05) is 18.3 Å². The molecule has 7 nitrogen and oxygen atoms in total. The zero-order chi connectivity index (χ0) is 16.9. The Kier molecular flexibility index (Phi) is 4.87. The topological polar surface area (TPSA) is 87.0 Å². The summed E-state index contributed by atoms with van der Waals surface area (Å²) in [6.07, 6.45) is 5.30. The molecule has 1 N–H and O–H groups in total. The first kappa shape index (κ1) is 16.1. The summed E-state index contributed by atoms with van der Waals surface area (Å²) in [5.41, 5.74) is 1.36. The predicted octanol–water partition coefficient (Wildman–Crippen LogP) is 1.97. The summed E-state index contributed by atoms with van der Waals surface area (Å²) in [6.45, 7) is 6.48. The molecule has 0 aromatic carbocycles. The molecule has 0 bridgehead atoms. The SMILES string of the molecule is CC1CN(c2ccc(CNc3cnc(C#N)cn3)cn2)CC(C)O1. The fourth-order valence-corrected chi connectivity index (χ4v) is 2.74. The first-order valence-corrected chi connectivity index (χ1v) is 7.95. The van der Waals surface area contributed by atoms with Crippen LogP contribution in [0.1, 0.15) is 25.1 Å². The summed E-state index contributed by atoms with van der Waals surface area (Å²) in [5.74, 6) is 1.60. The van der Waals surface area contributed by atoms with Gasteiger partial charge in [-0.05, 0) is 25.5 Å². The third-order valence-electron chi connectivity index (χ3n) is 3.79. The minimum Gasteiger partial charge on any atom is -0.372 e. The zero-order valence-electron chi connectivity index (χ0n) is 13.8. The highest BCUT2D eigenvalue weighted by molar-refractivity contribution is 5.41. The number of nitrogens with one attached hydrogen (secondary N) is 1. The lowest BCUT2D eigenvalue weighted by Crippen LogP contribution is -2.45. The van der Waals surface area contributed by atoms with Crippen LogP contribution in [0.5, 0.6) is 0 Å². The van der Waals surface area contributed by atoms with Crippen molar-refractivity contribution in [3.8, 4) is 6.07 Å². The van der Waals surface area contributed by atoms with Gasteiger partial charge in [0.25, 0.3) is 0 Å². The molecule has 0 radical (unpaired) electrons. The van der Waals surface area contributed by atoms with E-state index in [1.54, 1.807) is 6.20 Å². The molecular formula is C17H20N6O. The molecule has 124 valence electrons. The molecular weight excluding hydrogens is 304 g/mol. The van der Waals surface area contributed by atoms with Gasteiger partial charge in [-0.15, -0.1) is 0 Å². The second-order valence-corrected chi connectivity index (χ2v) is 5.94. The van der Waals surface area contributed by atoms with E-state index in [2.05, 4.69) is 45.1 Å². The molecule has 2 aromatic rings.